The average molecular weight is 399 g/mol. The highest BCUT2D eigenvalue weighted by molar-refractivity contribution is 6.34. The molecule has 3 rings (SSSR count). The molecule has 0 spiro atoms. The van der Waals surface area contributed by atoms with E-state index in [0.717, 1.165) is 11.1 Å². The summed E-state index contributed by atoms with van der Waals surface area (Å²) in [5.41, 5.74) is 3.49. The van der Waals surface area contributed by atoms with Crippen molar-refractivity contribution in [3.8, 4) is 5.69 Å². The van der Waals surface area contributed by atoms with Crippen LogP contribution in [0, 0.1) is 20.8 Å². The fraction of sp³-hybridized carbons (Fsp3) is 0.200. The van der Waals surface area contributed by atoms with Crippen molar-refractivity contribution < 1.29 is 14.3 Å². The van der Waals surface area contributed by atoms with E-state index in [9.17, 15) is 9.59 Å². The van der Waals surface area contributed by atoms with E-state index >= 15 is 0 Å². The number of amides is 1. The summed E-state index contributed by atoms with van der Waals surface area (Å²) in [6.07, 6.45) is 0. The topological polar surface area (TPSA) is 86.1 Å². The summed E-state index contributed by atoms with van der Waals surface area (Å²) in [6, 6.07) is 12.8. The molecule has 0 unspecified atom stereocenters. The number of halogens is 1. The Balaban J connectivity index is 1.65. The number of anilines is 1. The van der Waals surface area contributed by atoms with Crippen LogP contribution in [0.4, 0.5) is 5.69 Å². The quantitative estimate of drug-likeness (QED) is 0.663. The Morgan fingerprint density at radius 2 is 1.82 bits per heavy atom. The lowest BCUT2D eigenvalue weighted by atomic mass is 10.1. The van der Waals surface area contributed by atoms with Gasteiger partial charge in [-0.25, -0.2) is 4.79 Å². The van der Waals surface area contributed by atoms with Gasteiger partial charge in [-0.3, -0.25) is 4.79 Å². The Hall–Kier alpha value is -3.19. The summed E-state index contributed by atoms with van der Waals surface area (Å²) in [5.74, 6) is -1.21. The molecule has 28 heavy (non-hydrogen) atoms. The summed E-state index contributed by atoms with van der Waals surface area (Å²) in [6.45, 7) is 4.95. The van der Waals surface area contributed by atoms with Crippen molar-refractivity contribution in [2.24, 2.45) is 0 Å². The molecule has 1 amide bonds. The number of para-hydroxylation sites is 1. The Morgan fingerprint density at radius 1 is 1.11 bits per heavy atom. The van der Waals surface area contributed by atoms with Gasteiger partial charge in [0.25, 0.3) is 5.91 Å². The lowest BCUT2D eigenvalue weighted by Crippen LogP contribution is -2.22. The van der Waals surface area contributed by atoms with Crippen LogP contribution in [-0.4, -0.2) is 33.5 Å². The second kappa shape index (κ2) is 8.22. The molecule has 0 radical (unpaired) electrons. The first kappa shape index (κ1) is 19.6. The Kier molecular flexibility index (Phi) is 5.75. The van der Waals surface area contributed by atoms with Crippen LogP contribution in [0.2, 0.25) is 5.02 Å². The molecule has 0 atom stereocenters. The van der Waals surface area contributed by atoms with E-state index in [1.54, 1.807) is 13.0 Å². The maximum atomic E-state index is 12.3. The number of rotatable bonds is 5. The van der Waals surface area contributed by atoms with E-state index in [-0.39, 0.29) is 5.69 Å². The summed E-state index contributed by atoms with van der Waals surface area (Å²) < 4.78 is 5.09. The smallest absolute Gasteiger partial charge is 0.361 e. The number of hydrogen-bond donors (Lipinski definition) is 1. The number of nitrogens with one attached hydrogen (secondary N) is 1. The summed E-state index contributed by atoms with van der Waals surface area (Å²) in [7, 11) is 0. The second-order valence-corrected chi connectivity index (χ2v) is 6.73. The number of ether oxygens (including phenoxy) is 1. The number of aromatic nitrogens is 3. The third kappa shape index (κ3) is 4.37. The number of aryl methyl sites for hydroxylation is 3. The molecule has 0 fully saturated rings. The van der Waals surface area contributed by atoms with Crippen LogP contribution in [0.15, 0.2) is 42.5 Å². The molecule has 0 aliphatic carbocycles. The Bertz CT molecular complexity index is 1010. The van der Waals surface area contributed by atoms with Crippen LogP contribution in [0.1, 0.15) is 27.3 Å². The number of nitrogens with zero attached hydrogens (tertiary/aromatic N) is 3. The molecule has 0 aliphatic heterocycles. The maximum absolute atomic E-state index is 12.3. The summed E-state index contributed by atoms with van der Waals surface area (Å²) in [4.78, 5) is 25.8. The van der Waals surface area contributed by atoms with Crippen molar-refractivity contribution in [3.05, 3.63) is 70.0 Å². The van der Waals surface area contributed by atoms with Gasteiger partial charge in [0.2, 0.25) is 0 Å². The van der Waals surface area contributed by atoms with Crippen LogP contribution in [0.3, 0.4) is 0 Å². The van der Waals surface area contributed by atoms with Gasteiger partial charge in [0.05, 0.1) is 22.1 Å². The number of esters is 1. The molecule has 1 heterocycles. The third-order valence-corrected chi connectivity index (χ3v) is 4.29. The number of carbonyl (C=O) groups excluding carboxylic acids is 2. The normalized spacial score (nSPS) is 10.6. The van der Waals surface area contributed by atoms with Gasteiger partial charge >= 0.3 is 5.97 Å². The van der Waals surface area contributed by atoms with Crippen LogP contribution >= 0.6 is 11.6 Å². The van der Waals surface area contributed by atoms with Crippen molar-refractivity contribution in [1.82, 2.24) is 15.0 Å². The van der Waals surface area contributed by atoms with Gasteiger partial charge in [0.15, 0.2) is 12.3 Å². The zero-order valence-electron chi connectivity index (χ0n) is 15.7. The van der Waals surface area contributed by atoms with Gasteiger partial charge in [-0.15, -0.1) is 5.10 Å². The first-order valence-electron chi connectivity index (χ1n) is 8.58. The van der Waals surface area contributed by atoms with Crippen LogP contribution in [-0.2, 0) is 9.53 Å². The molecular weight excluding hydrogens is 380 g/mol. The van der Waals surface area contributed by atoms with Crippen molar-refractivity contribution >= 4 is 29.2 Å². The highest BCUT2D eigenvalue weighted by Gasteiger charge is 2.19. The fourth-order valence-electron chi connectivity index (χ4n) is 2.69. The summed E-state index contributed by atoms with van der Waals surface area (Å²) in [5, 5.41) is 11.5. The minimum atomic E-state index is -0.721. The minimum Gasteiger partial charge on any atom is -0.451 e. The molecule has 0 aliphatic rings. The number of carbonyl (C=O) groups is 2. The van der Waals surface area contributed by atoms with Gasteiger partial charge in [0.1, 0.15) is 0 Å². The predicted octanol–water partition coefficient (Wildman–Crippen LogP) is 3.64. The Morgan fingerprint density at radius 3 is 2.50 bits per heavy atom. The van der Waals surface area contributed by atoms with E-state index in [1.807, 2.05) is 50.2 Å². The van der Waals surface area contributed by atoms with Gasteiger partial charge < -0.3 is 10.1 Å². The van der Waals surface area contributed by atoms with Crippen LogP contribution in [0.25, 0.3) is 5.69 Å². The van der Waals surface area contributed by atoms with Crippen LogP contribution in [0.5, 0.6) is 0 Å². The van der Waals surface area contributed by atoms with Gasteiger partial charge in [-0.05, 0) is 50.1 Å². The molecule has 1 aromatic heterocycles. The van der Waals surface area contributed by atoms with Crippen molar-refractivity contribution in [3.63, 3.8) is 0 Å². The Labute approximate surface area is 167 Å². The second-order valence-electron chi connectivity index (χ2n) is 6.32. The third-order valence-electron chi connectivity index (χ3n) is 3.99. The lowest BCUT2D eigenvalue weighted by Gasteiger charge is -2.11. The highest BCUT2D eigenvalue weighted by atomic mass is 35.5. The minimum absolute atomic E-state index is 0.0567. The first-order chi connectivity index (χ1) is 13.3. The predicted molar refractivity (Wildman–Crippen MR) is 106 cm³/mol. The number of benzene rings is 2. The van der Waals surface area contributed by atoms with Gasteiger partial charge in [-0.2, -0.15) is 9.90 Å². The van der Waals surface area contributed by atoms with Gasteiger partial charge in [0, 0.05) is 0 Å². The summed E-state index contributed by atoms with van der Waals surface area (Å²) >= 11 is 6.18. The monoisotopic (exact) mass is 398 g/mol. The largest absolute Gasteiger partial charge is 0.451 e. The fourth-order valence-corrected chi connectivity index (χ4v) is 3.06. The van der Waals surface area contributed by atoms with Crippen molar-refractivity contribution in [2.45, 2.75) is 20.8 Å². The van der Waals surface area contributed by atoms with E-state index in [4.69, 9.17) is 16.3 Å². The van der Waals surface area contributed by atoms with E-state index < -0.39 is 18.5 Å². The molecular formula is C20H19ClN4O3. The van der Waals surface area contributed by atoms with E-state index in [2.05, 4.69) is 15.5 Å². The first-order valence-corrected chi connectivity index (χ1v) is 8.96. The zero-order valence-corrected chi connectivity index (χ0v) is 16.4. The molecule has 2 aromatic carbocycles. The highest BCUT2D eigenvalue weighted by Crippen LogP contribution is 2.27. The molecule has 0 bridgehead atoms. The molecule has 7 nitrogen and oxygen atoms in total. The zero-order chi connectivity index (χ0) is 20.3. The standard InChI is InChI=1S/C20H19ClN4O3/c1-12-9-13(2)18(16(21)10-12)22-17(26)11-28-20(27)19-14(3)23-25(24-19)15-7-5-4-6-8-15/h4-10H,11H2,1-3H3,(H,22,26). The molecule has 0 saturated carbocycles. The van der Waals surface area contributed by atoms with E-state index in [0.29, 0.717) is 22.1 Å². The molecule has 3 aromatic rings. The molecule has 144 valence electrons. The maximum Gasteiger partial charge on any atom is 0.361 e. The van der Waals surface area contributed by atoms with E-state index in [1.165, 1.54) is 4.80 Å². The average Bonchev–Trinajstić information content (AvgIpc) is 3.05. The van der Waals surface area contributed by atoms with Crippen molar-refractivity contribution in [1.29, 1.82) is 0 Å². The lowest BCUT2D eigenvalue weighted by molar-refractivity contribution is -0.119. The van der Waals surface area contributed by atoms with Gasteiger partial charge in [-0.1, -0.05) is 35.9 Å². The van der Waals surface area contributed by atoms with Crippen molar-refractivity contribution in [2.75, 3.05) is 11.9 Å². The van der Waals surface area contributed by atoms with Crippen LogP contribution < -0.4 is 5.32 Å². The molecule has 8 heteroatoms. The molecule has 0 saturated heterocycles. The SMILES string of the molecule is Cc1cc(C)c(NC(=O)COC(=O)c2nn(-c3ccccc3)nc2C)c(Cl)c1. The molecule has 1 N–H and O–H groups in total. The number of hydrogen-bond acceptors (Lipinski definition) is 5.